The van der Waals surface area contributed by atoms with Gasteiger partial charge in [0.1, 0.15) is 6.10 Å². The fraction of sp³-hybridized carbons (Fsp3) is 0.886. The molecule has 0 amide bonds. The molecule has 9 atom stereocenters. The van der Waals surface area contributed by atoms with Crippen molar-refractivity contribution >= 4 is 11.9 Å². The molecule has 0 aromatic carbocycles. The number of hydrogen-bond donors (Lipinski definition) is 1. The first-order chi connectivity index (χ1) is 18.6. The summed E-state index contributed by atoms with van der Waals surface area (Å²) in [5.74, 6) is 1.18. The number of carbonyl (C=O) groups excluding carboxylic acids is 1. The molecule has 5 rings (SSSR count). The van der Waals surface area contributed by atoms with Crippen LogP contribution >= 0.6 is 0 Å². The standard InChI is InChI=1S/C35H56O5/c1-31(2)25-15-18-33(5)21-22-9-11-24-32(3,4)28(40-30(38)14-13-29(36)37)17-19-34(24,6)23(22)10-12-26(33)35(25,7)20-16-27(31)39-8/h9,23-28H,10-21H2,1-8H3,(H,36,37)/t23-,24-,25?,26?,27+,28+,33-,34+,35-/m0/s1. The third kappa shape index (κ3) is 4.60. The van der Waals surface area contributed by atoms with E-state index in [2.05, 4.69) is 54.5 Å². The summed E-state index contributed by atoms with van der Waals surface area (Å²) in [5.41, 5.74) is 2.72. The number of fused-ring (bicyclic) bond motifs is 6. The third-order valence-corrected chi connectivity index (χ3v) is 13.9. The smallest absolute Gasteiger partial charge is 0.306 e. The lowest BCUT2D eigenvalue weighted by molar-refractivity contribution is -0.178. The maximum atomic E-state index is 12.5. The summed E-state index contributed by atoms with van der Waals surface area (Å²) in [5, 5.41) is 9.00. The molecule has 0 bridgehead atoms. The van der Waals surface area contributed by atoms with Crippen LogP contribution in [0.15, 0.2) is 11.6 Å². The Bertz CT molecular complexity index is 1040. The van der Waals surface area contributed by atoms with Crippen molar-refractivity contribution in [3.8, 4) is 0 Å². The molecular weight excluding hydrogens is 500 g/mol. The zero-order valence-corrected chi connectivity index (χ0v) is 26.6. The van der Waals surface area contributed by atoms with Crippen LogP contribution < -0.4 is 0 Å². The minimum absolute atomic E-state index is 0.0435. The Morgan fingerprint density at radius 3 is 2.12 bits per heavy atom. The summed E-state index contributed by atoms with van der Waals surface area (Å²) in [6.45, 7) is 17.4. The van der Waals surface area contributed by atoms with Gasteiger partial charge < -0.3 is 14.6 Å². The van der Waals surface area contributed by atoms with Crippen LogP contribution in [-0.2, 0) is 19.1 Å². The van der Waals surface area contributed by atoms with Crippen LogP contribution in [0.4, 0.5) is 0 Å². The van der Waals surface area contributed by atoms with Gasteiger partial charge >= 0.3 is 11.9 Å². The van der Waals surface area contributed by atoms with E-state index in [1.165, 1.54) is 44.9 Å². The Kier molecular flexibility index (Phi) is 7.62. The van der Waals surface area contributed by atoms with Gasteiger partial charge in [-0.25, -0.2) is 0 Å². The Balaban J connectivity index is 1.39. The van der Waals surface area contributed by atoms with Crippen LogP contribution in [0.5, 0.6) is 0 Å². The molecule has 5 nitrogen and oxygen atoms in total. The quantitative estimate of drug-likeness (QED) is 0.273. The number of esters is 1. The van der Waals surface area contributed by atoms with Crippen molar-refractivity contribution in [1.29, 1.82) is 0 Å². The van der Waals surface area contributed by atoms with Gasteiger partial charge in [-0.2, -0.15) is 0 Å². The fourth-order valence-corrected chi connectivity index (χ4v) is 12.0. The molecule has 226 valence electrons. The highest BCUT2D eigenvalue weighted by molar-refractivity contribution is 5.76. The molecule has 0 radical (unpaired) electrons. The summed E-state index contributed by atoms with van der Waals surface area (Å²) >= 11 is 0. The van der Waals surface area contributed by atoms with Gasteiger partial charge in [0.25, 0.3) is 0 Å². The van der Waals surface area contributed by atoms with Gasteiger partial charge in [0.15, 0.2) is 0 Å². The maximum Gasteiger partial charge on any atom is 0.306 e. The number of rotatable bonds is 5. The molecule has 0 spiro atoms. The summed E-state index contributed by atoms with van der Waals surface area (Å²) in [6, 6.07) is 0. The Morgan fingerprint density at radius 2 is 1.45 bits per heavy atom. The molecule has 0 aliphatic heterocycles. The van der Waals surface area contributed by atoms with Gasteiger partial charge in [-0.3, -0.25) is 9.59 Å². The van der Waals surface area contributed by atoms with Crippen LogP contribution in [-0.4, -0.2) is 36.4 Å². The topological polar surface area (TPSA) is 72.8 Å². The number of aliphatic carboxylic acids is 1. The highest BCUT2D eigenvalue weighted by Gasteiger charge is 2.63. The van der Waals surface area contributed by atoms with E-state index < -0.39 is 5.97 Å². The predicted octanol–water partition coefficient (Wildman–Crippen LogP) is 8.21. The zero-order chi connectivity index (χ0) is 29.3. The highest BCUT2D eigenvalue weighted by atomic mass is 16.5. The van der Waals surface area contributed by atoms with E-state index in [1.807, 2.05) is 7.11 Å². The lowest BCUT2D eigenvalue weighted by Gasteiger charge is -2.64. The van der Waals surface area contributed by atoms with Crippen molar-refractivity contribution in [2.75, 3.05) is 7.11 Å². The molecule has 0 aromatic heterocycles. The normalized spacial score (nSPS) is 45.5. The first-order valence-electron chi connectivity index (χ1n) is 16.2. The first-order valence-corrected chi connectivity index (χ1v) is 16.2. The molecule has 5 aliphatic carbocycles. The highest BCUT2D eigenvalue weighted by Crippen LogP contribution is 2.70. The molecule has 4 saturated carbocycles. The van der Waals surface area contributed by atoms with E-state index in [0.717, 1.165) is 25.2 Å². The van der Waals surface area contributed by atoms with E-state index >= 15 is 0 Å². The van der Waals surface area contributed by atoms with Crippen molar-refractivity contribution in [3.63, 3.8) is 0 Å². The number of carboxylic acid groups (broad SMARTS) is 1. The van der Waals surface area contributed by atoms with E-state index in [0.29, 0.717) is 34.7 Å². The van der Waals surface area contributed by atoms with Crippen LogP contribution in [0.1, 0.15) is 126 Å². The average Bonchev–Trinajstić information content (AvgIpc) is 3.01. The van der Waals surface area contributed by atoms with Crippen molar-refractivity contribution < 1.29 is 24.2 Å². The molecule has 0 heterocycles. The minimum atomic E-state index is -0.949. The van der Waals surface area contributed by atoms with Crippen LogP contribution in [0.3, 0.4) is 0 Å². The van der Waals surface area contributed by atoms with Gasteiger partial charge in [-0.05, 0) is 110 Å². The number of hydrogen-bond acceptors (Lipinski definition) is 4. The monoisotopic (exact) mass is 556 g/mol. The number of ether oxygens (including phenoxy) is 2. The SMILES string of the molecule is CO[C@@H]1CC[C@@]2(C)C(CC[C@@]3(C)CC4=CC[C@H]5C(C)(C)[C@H](OC(=O)CCC(=O)O)CC[C@]5(C)[C@H]4CCC32)C1(C)C. The largest absolute Gasteiger partial charge is 0.481 e. The van der Waals surface area contributed by atoms with E-state index in [9.17, 15) is 9.59 Å². The summed E-state index contributed by atoms with van der Waals surface area (Å²) in [7, 11) is 1.91. The predicted molar refractivity (Wildman–Crippen MR) is 158 cm³/mol. The van der Waals surface area contributed by atoms with E-state index in [1.54, 1.807) is 5.57 Å². The van der Waals surface area contributed by atoms with Gasteiger partial charge in [-0.1, -0.05) is 60.1 Å². The fourth-order valence-electron chi connectivity index (χ4n) is 12.0. The van der Waals surface area contributed by atoms with Gasteiger partial charge in [0, 0.05) is 12.5 Å². The molecule has 0 saturated heterocycles. The molecule has 5 aliphatic rings. The minimum Gasteiger partial charge on any atom is -0.481 e. The van der Waals surface area contributed by atoms with Crippen molar-refractivity contribution in [1.82, 2.24) is 0 Å². The van der Waals surface area contributed by atoms with Gasteiger partial charge in [-0.15, -0.1) is 0 Å². The number of carboxylic acids is 1. The van der Waals surface area contributed by atoms with E-state index in [4.69, 9.17) is 14.6 Å². The molecular formula is C35H56O5. The lowest BCUT2D eigenvalue weighted by atomic mass is 9.42. The summed E-state index contributed by atoms with van der Waals surface area (Å²) in [6.07, 6.45) is 14.6. The second-order valence-electron chi connectivity index (χ2n) is 16.5. The number of carbonyl (C=O) groups is 2. The Hall–Kier alpha value is -1.36. The summed E-state index contributed by atoms with van der Waals surface area (Å²) in [4.78, 5) is 23.5. The van der Waals surface area contributed by atoms with Crippen LogP contribution in [0.25, 0.3) is 0 Å². The van der Waals surface area contributed by atoms with Gasteiger partial charge in [0.05, 0.1) is 18.9 Å². The zero-order valence-electron chi connectivity index (χ0n) is 26.6. The molecule has 4 fully saturated rings. The average molecular weight is 557 g/mol. The van der Waals surface area contributed by atoms with Crippen LogP contribution in [0.2, 0.25) is 0 Å². The van der Waals surface area contributed by atoms with Crippen LogP contribution in [0, 0.1) is 50.7 Å². The summed E-state index contributed by atoms with van der Waals surface area (Å²) < 4.78 is 12.0. The number of allylic oxidation sites excluding steroid dienone is 2. The molecule has 1 N–H and O–H groups in total. The molecule has 40 heavy (non-hydrogen) atoms. The first kappa shape index (κ1) is 30.1. The Morgan fingerprint density at radius 1 is 0.800 bits per heavy atom. The Labute approximate surface area is 243 Å². The van der Waals surface area contributed by atoms with Crippen molar-refractivity contribution in [2.24, 2.45) is 50.7 Å². The van der Waals surface area contributed by atoms with Gasteiger partial charge in [0.2, 0.25) is 0 Å². The third-order valence-electron chi connectivity index (χ3n) is 13.9. The van der Waals surface area contributed by atoms with E-state index in [-0.39, 0.29) is 41.2 Å². The number of methoxy groups -OCH3 is 1. The lowest BCUT2D eigenvalue weighted by Crippen LogP contribution is -2.58. The second-order valence-corrected chi connectivity index (χ2v) is 16.5. The molecule has 2 unspecified atom stereocenters. The second kappa shape index (κ2) is 10.1. The van der Waals surface area contributed by atoms with Crippen molar-refractivity contribution in [2.45, 2.75) is 138 Å². The maximum absolute atomic E-state index is 12.5. The molecule has 0 aromatic rings. The van der Waals surface area contributed by atoms with Crippen molar-refractivity contribution in [3.05, 3.63) is 11.6 Å². The molecule has 5 heteroatoms.